The van der Waals surface area contributed by atoms with Crippen LogP contribution in [0.2, 0.25) is 0 Å². The number of nitrogens with zero attached hydrogens (tertiary/aromatic N) is 6. The van der Waals surface area contributed by atoms with Gasteiger partial charge in [0.15, 0.2) is 0 Å². The van der Waals surface area contributed by atoms with Crippen molar-refractivity contribution in [3.05, 3.63) is 101 Å². The molecule has 12 nitrogen and oxygen atoms in total. The van der Waals surface area contributed by atoms with E-state index in [4.69, 9.17) is 10.5 Å². The molecule has 0 bridgehead atoms. The number of hydrogen-bond acceptors (Lipinski definition) is 10. The molecule has 5 aromatic rings. The van der Waals surface area contributed by atoms with Gasteiger partial charge < -0.3 is 15.8 Å². The lowest BCUT2D eigenvalue weighted by atomic mass is 9.69. The highest BCUT2D eigenvalue weighted by molar-refractivity contribution is 8.22. The van der Waals surface area contributed by atoms with Gasteiger partial charge in [0.05, 0.1) is 42.1 Å². The average Bonchev–Trinajstić information content (AvgIpc) is 3.50. The molecular weight excluding hydrogens is 653 g/mol. The summed E-state index contributed by atoms with van der Waals surface area (Å²) in [4.78, 5) is 23.2. The molecule has 13 heteroatoms. The van der Waals surface area contributed by atoms with Gasteiger partial charge in [-0.1, -0.05) is 62.4 Å². The second-order valence-corrected chi connectivity index (χ2v) is 15.4. The van der Waals surface area contributed by atoms with Crippen LogP contribution in [0.4, 0.5) is 5.69 Å². The first kappa shape index (κ1) is 35.4. The van der Waals surface area contributed by atoms with Crippen LogP contribution in [-0.2, 0) is 24.4 Å². The third-order valence-corrected chi connectivity index (χ3v) is 11.7. The lowest BCUT2D eigenvalue weighted by Crippen LogP contribution is -2.37. The van der Waals surface area contributed by atoms with Gasteiger partial charge in [-0.05, 0) is 73.2 Å². The second-order valence-electron chi connectivity index (χ2n) is 13.4. The van der Waals surface area contributed by atoms with Crippen LogP contribution >= 0.6 is 10.8 Å². The zero-order chi connectivity index (χ0) is 35.8. The number of hydrogen-bond donors (Lipinski definition) is 4. The van der Waals surface area contributed by atoms with Crippen molar-refractivity contribution >= 4 is 33.4 Å². The third-order valence-electron chi connectivity index (χ3n) is 9.76. The smallest absolute Gasteiger partial charge is 0.231 e. The molecule has 0 saturated carbocycles. The summed E-state index contributed by atoms with van der Waals surface area (Å²) in [6, 6.07) is 17.4. The molecule has 0 aliphatic carbocycles. The summed E-state index contributed by atoms with van der Waals surface area (Å²) in [5.74, 6) is 0.331. The fourth-order valence-electron chi connectivity index (χ4n) is 6.72. The standard InChI is InChI=1S/C37H46N8O4S/c1-7-28-22-44(50(47,48)32-12-10-9-11-31(32)49-28)21-26-17-25(14-13-23(26)3)34(29-15-16-30-35(24(29)4)42-43-45(30)8-2)37(5,6)36(46)41-27-19-39-33(18-38)40-20-27/h9-17,19-20,28,34,47-48H,7-8,18,21-22,38H2,1-6H3,(H,41,46). The number of nitrogens with one attached hydrogen (secondary N) is 1. The number of rotatable bonds is 10. The zero-order valence-electron chi connectivity index (χ0n) is 29.4. The summed E-state index contributed by atoms with van der Waals surface area (Å²) >= 11 is 0. The van der Waals surface area contributed by atoms with E-state index in [1.807, 2.05) is 64.4 Å². The van der Waals surface area contributed by atoms with Crippen LogP contribution in [0.25, 0.3) is 11.0 Å². The molecule has 1 aliphatic rings. The summed E-state index contributed by atoms with van der Waals surface area (Å²) < 4.78 is 33.3. The number of benzene rings is 3. The van der Waals surface area contributed by atoms with Gasteiger partial charge in [-0.3, -0.25) is 13.9 Å². The van der Waals surface area contributed by atoms with Crippen molar-refractivity contribution in [1.82, 2.24) is 29.3 Å². The van der Waals surface area contributed by atoms with Crippen molar-refractivity contribution in [1.29, 1.82) is 0 Å². The summed E-state index contributed by atoms with van der Waals surface area (Å²) in [7, 11) is -3.37. The monoisotopic (exact) mass is 698 g/mol. The Morgan fingerprint density at radius 1 is 1.10 bits per heavy atom. The molecule has 6 rings (SSSR count). The Kier molecular flexibility index (Phi) is 9.98. The normalized spacial score (nSPS) is 17.4. The highest BCUT2D eigenvalue weighted by Crippen LogP contribution is 2.57. The van der Waals surface area contributed by atoms with Crippen LogP contribution in [0.15, 0.2) is 71.9 Å². The maximum absolute atomic E-state index is 14.3. The molecule has 1 amide bonds. The van der Waals surface area contributed by atoms with Gasteiger partial charge in [0.25, 0.3) is 0 Å². The van der Waals surface area contributed by atoms with E-state index in [0.717, 1.165) is 38.9 Å². The van der Waals surface area contributed by atoms with Crippen LogP contribution < -0.4 is 15.8 Å². The van der Waals surface area contributed by atoms with E-state index in [9.17, 15) is 13.9 Å². The molecule has 2 unspecified atom stereocenters. The van der Waals surface area contributed by atoms with Crippen LogP contribution in [-0.4, -0.2) is 56.9 Å². The largest absolute Gasteiger partial charge is 0.487 e. The number of carbonyl (C=O) groups excluding carboxylic acids is 1. The molecule has 0 radical (unpaired) electrons. The first-order chi connectivity index (χ1) is 23.9. The molecule has 2 aromatic heterocycles. The topological polar surface area (TPSA) is 165 Å². The highest BCUT2D eigenvalue weighted by atomic mass is 32.3. The Balaban J connectivity index is 1.44. The van der Waals surface area contributed by atoms with Crippen LogP contribution in [0.1, 0.15) is 73.7 Å². The predicted molar refractivity (Wildman–Crippen MR) is 196 cm³/mol. The molecule has 264 valence electrons. The van der Waals surface area contributed by atoms with Gasteiger partial charge in [0, 0.05) is 19.0 Å². The van der Waals surface area contributed by atoms with Gasteiger partial charge in [-0.2, -0.15) is 4.31 Å². The van der Waals surface area contributed by atoms with E-state index in [-0.39, 0.29) is 25.1 Å². The lowest BCUT2D eigenvalue weighted by molar-refractivity contribution is -0.124. The number of anilines is 1. The maximum atomic E-state index is 14.3. The van der Waals surface area contributed by atoms with E-state index in [2.05, 4.69) is 43.8 Å². The van der Waals surface area contributed by atoms with Crippen molar-refractivity contribution in [2.75, 3.05) is 11.9 Å². The Bertz CT molecular complexity index is 2010. The van der Waals surface area contributed by atoms with Gasteiger partial charge in [0.2, 0.25) is 5.91 Å². The number of carbonyl (C=O) groups is 1. The van der Waals surface area contributed by atoms with Crippen LogP contribution in [0, 0.1) is 19.3 Å². The molecular formula is C37H46N8O4S. The predicted octanol–water partition coefficient (Wildman–Crippen LogP) is 6.81. The molecule has 5 N–H and O–H groups in total. The van der Waals surface area contributed by atoms with E-state index in [0.29, 0.717) is 41.7 Å². The number of para-hydroxylation sites is 1. The number of nitrogens with two attached hydrogens (primary N) is 1. The fraction of sp³-hybridized carbons (Fsp3) is 0.378. The molecule has 3 aromatic carbocycles. The van der Waals surface area contributed by atoms with Crippen molar-refractivity contribution in [3.8, 4) is 5.75 Å². The van der Waals surface area contributed by atoms with E-state index in [1.165, 1.54) is 0 Å². The second kappa shape index (κ2) is 14.1. The Labute approximate surface area is 294 Å². The maximum Gasteiger partial charge on any atom is 0.231 e. The minimum Gasteiger partial charge on any atom is -0.487 e. The van der Waals surface area contributed by atoms with Crippen molar-refractivity contribution in [2.45, 2.75) is 84.5 Å². The summed E-state index contributed by atoms with van der Waals surface area (Å²) in [5.41, 5.74) is 11.6. The first-order valence-corrected chi connectivity index (χ1v) is 18.4. The third kappa shape index (κ3) is 6.59. The number of ether oxygens (including phenoxy) is 1. The summed E-state index contributed by atoms with van der Waals surface area (Å²) in [5, 5.41) is 11.9. The first-order valence-electron chi connectivity index (χ1n) is 16.9. The molecule has 0 fully saturated rings. The van der Waals surface area contributed by atoms with Gasteiger partial charge in [-0.25, -0.2) is 14.6 Å². The highest BCUT2D eigenvalue weighted by Gasteiger charge is 2.41. The molecule has 3 heterocycles. The number of fused-ring (bicyclic) bond motifs is 2. The lowest BCUT2D eigenvalue weighted by Gasteiger charge is -2.42. The average molecular weight is 699 g/mol. The van der Waals surface area contributed by atoms with Crippen LogP contribution in [0.3, 0.4) is 0 Å². The SMILES string of the molecule is CCC1CN(Cc2cc(C(c3ccc4c(nnn4CC)c3C)C(C)(C)C(=O)Nc3cnc(CN)nc3)ccc2C)S(O)(O)c2ccccc2O1. The van der Waals surface area contributed by atoms with E-state index in [1.54, 1.807) is 34.9 Å². The molecule has 2 atom stereocenters. The Morgan fingerprint density at radius 2 is 1.84 bits per heavy atom. The number of aryl methyl sites for hydroxylation is 3. The minimum absolute atomic E-state index is 0.202. The van der Waals surface area contributed by atoms with Crippen molar-refractivity contribution < 1.29 is 18.6 Å². The molecule has 0 saturated heterocycles. The van der Waals surface area contributed by atoms with Gasteiger partial charge >= 0.3 is 0 Å². The number of aromatic nitrogens is 5. The van der Waals surface area contributed by atoms with Gasteiger partial charge in [0.1, 0.15) is 28.1 Å². The minimum atomic E-state index is -3.37. The Hall–Kier alpha value is -4.40. The van der Waals surface area contributed by atoms with E-state index < -0.39 is 22.1 Å². The molecule has 50 heavy (non-hydrogen) atoms. The number of amides is 1. The fourth-order valence-corrected chi connectivity index (χ4v) is 8.34. The van der Waals surface area contributed by atoms with Gasteiger partial charge in [-0.15, -0.1) is 15.9 Å². The van der Waals surface area contributed by atoms with Crippen molar-refractivity contribution in [2.24, 2.45) is 11.1 Å². The zero-order valence-corrected chi connectivity index (χ0v) is 30.2. The van der Waals surface area contributed by atoms with Crippen molar-refractivity contribution in [3.63, 3.8) is 0 Å². The quantitative estimate of drug-likeness (QED) is 0.122. The summed E-state index contributed by atoms with van der Waals surface area (Å²) in [6.07, 6.45) is 3.61. The van der Waals surface area contributed by atoms with E-state index >= 15 is 0 Å². The summed E-state index contributed by atoms with van der Waals surface area (Å²) in [6.45, 7) is 13.4. The molecule has 1 aliphatic heterocycles. The van der Waals surface area contributed by atoms with Crippen LogP contribution in [0.5, 0.6) is 5.75 Å². The molecule has 0 spiro atoms. The Morgan fingerprint density at radius 3 is 2.54 bits per heavy atom.